The van der Waals surface area contributed by atoms with Gasteiger partial charge in [-0.3, -0.25) is 4.79 Å². The lowest BCUT2D eigenvalue weighted by Crippen LogP contribution is -2.05. The molecule has 0 heterocycles. The minimum atomic E-state index is 0.0239. The molecule has 0 bridgehead atoms. The average Bonchev–Trinajstić information content (AvgIpc) is 2.37. The van der Waals surface area contributed by atoms with Crippen LogP contribution in [0.5, 0.6) is 5.75 Å². The van der Waals surface area contributed by atoms with Crippen molar-refractivity contribution in [2.45, 2.75) is 6.92 Å². The maximum Gasteiger partial charge on any atom is 0.244 e. The highest BCUT2D eigenvalue weighted by Crippen LogP contribution is 2.21. The summed E-state index contributed by atoms with van der Waals surface area (Å²) in [5.41, 5.74) is 0.764. The number of benzene rings is 1. The Balaban J connectivity index is 2.86. The highest BCUT2D eigenvalue weighted by Gasteiger charge is 2.09. The fourth-order valence-electron chi connectivity index (χ4n) is 1.14. The second kappa shape index (κ2) is 7.40. The van der Waals surface area contributed by atoms with Gasteiger partial charge in [0.2, 0.25) is 5.12 Å². The fourth-order valence-corrected chi connectivity index (χ4v) is 2.36. The zero-order valence-corrected chi connectivity index (χ0v) is 11.7. The molecule has 0 amide bonds. The molecule has 0 aliphatic heterocycles. The van der Waals surface area contributed by atoms with Crippen molar-refractivity contribution in [3.63, 3.8) is 0 Å². The molecule has 1 aromatic rings. The number of carbonyl (C=O) groups is 1. The van der Waals surface area contributed by atoms with Crippen LogP contribution in [0.25, 0.3) is 0 Å². The number of methoxy groups -OCH3 is 1. The van der Waals surface area contributed by atoms with Crippen LogP contribution in [0, 0.1) is 0 Å². The summed E-state index contributed by atoms with van der Waals surface area (Å²) in [6.07, 6.45) is 1.86. The molecule has 0 aliphatic carbocycles. The van der Waals surface area contributed by atoms with Crippen molar-refractivity contribution >= 4 is 39.4 Å². The number of aliphatic imine (C=N–C) groups is 1. The minimum Gasteiger partial charge on any atom is -0.497 e. The normalized spacial score (nSPS) is 11.4. The van der Waals surface area contributed by atoms with Crippen LogP contribution in [0.3, 0.4) is 0 Å². The highest BCUT2D eigenvalue weighted by atomic mass is 32.2. The van der Waals surface area contributed by atoms with E-state index in [1.54, 1.807) is 7.11 Å². The zero-order valence-electron chi connectivity index (χ0n) is 10.1. The first kappa shape index (κ1) is 14.1. The number of thioether (sulfide) groups is 2. The first-order valence-electron chi connectivity index (χ1n) is 5.15. The lowest BCUT2D eigenvalue weighted by Gasteiger charge is -2.02. The van der Waals surface area contributed by atoms with Gasteiger partial charge in [-0.15, -0.1) is 11.8 Å². The summed E-state index contributed by atoms with van der Waals surface area (Å²) in [6, 6.07) is 7.32. The lowest BCUT2D eigenvalue weighted by atomic mass is 10.3. The number of nitrogens with zero attached hydrogens (tertiary/aromatic N) is 1. The minimum absolute atomic E-state index is 0.0239. The van der Waals surface area contributed by atoms with Crippen molar-refractivity contribution < 1.29 is 9.53 Å². The van der Waals surface area contributed by atoms with Crippen molar-refractivity contribution in [1.29, 1.82) is 0 Å². The molecular weight excluding hydrogens is 254 g/mol. The molecular formula is C12H15NO2S2. The Morgan fingerprint density at radius 3 is 2.47 bits per heavy atom. The van der Waals surface area contributed by atoms with Crippen LogP contribution in [0.4, 0.5) is 5.69 Å². The third-order valence-electron chi connectivity index (χ3n) is 1.95. The standard InChI is InChI=1S/C12H15NO2S2/c1-4-17-12(14)11(16-3)13-9-5-7-10(15-2)8-6-9/h5-8H,4H2,1-3H3. The first-order valence-corrected chi connectivity index (χ1v) is 7.36. The van der Waals surface area contributed by atoms with Crippen molar-refractivity contribution in [1.82, 2.24) is 0 Å². The number of carbonyl (C=O) groups excluding carboxylic acids is 1. The van der Waals surface area contributed by atoms with Crippen LogP contribution in [-0.2, 0) is 4.79 Å². The van der Waals surface area contributed by atoms with E-state index in [1.165, 1.54) is 23.5 Å². The zero-order chi connectivity index (χ0) is 12.7. The van der Waals surface area contributed by atoms with E-state index in [2.05, 4.69) is 4.99 Å². The van der Waals surface area contributed by atoms with Gasteiger partial charge in [0.05, 0.1) is 12.8 Å². The average molecular weight is 269 g/mol. The van der Waals surface area contributed by atoms with Crippen molar-refractivity contribution in [3.8, 4) is 5.75 Å². The Kier molecular flexibility index (Phi) is 6.15. The molecule has 0 unspecified atom stereocenters. The lowest BCUT2D eigenvalue weighted by molar-refractivity contribution is -0.105. The van der Waals surface area contributed by atoms with Gasteiger partial charge in [-0.05, 0) is 36.3 Å². The van der Waals surface area contributed by atoms with Gasteiger partial charge >= 0.3 is 0 Å². The molecule has 0 saturated heterocycles. The van der Waals surface area contributed by atoms with Gasteiger partial charge in [0.25, 0.3) is 0 Å². The fraction of sp³-hybridized carbons (Fsp3) is 0.333. The molecule has 0 aromatic heterocycles. The second-order valence-electron chi connectivity index (χ2n) is 3.04. The van der Waals surface area contributed by atoms with Crippen molar-refractivity contribution in [2.24, 2.45) is 4.99 Å². The largest absolute Gasteiger partial charge is 0.497 e. The van der Waals surface area contributed by atoms with Crippen LogP contribution in [0.2, 0.25) is 0 Å². The summed E-state index contributed by atoms with van der Waals surface area (Å²) < 4.78 is 5.06. The summed E-state index contributed by atoms with van der Waals surface area (Å²) in [7, 11) is 1.62. The molecule has 1 aromatic carbocycles. The van der Waals surface area contributed by atoms with Gasteiger partial charge in [0.15, 0.2) is 5.04 Å². The summed E-state index contributed by atoms with van der Waals surface area (Å²) in [6.45, 7) is 1.95. The Morgan fingerprint density at radius 2 is 2.00 bits per heavy atom. The van der Waals surface area contributed by atoms with E-state index in [4.69, 9.17) is 4.74 Å². The van der Waals surface area contributed by atoms with Gasteiger partial charge in [-0.25, -0.2) is 4.99 Å². The second-order valence-corrected chi connectivity index (χ2v) is 5.07. The number of hydrogen-bond acceptors (Lipinski definition) is 5. The number of rotatable bonds is 3. The molecule has 0 atom stereocenters. The van der Waals surface area contributed by atoms with Crippen LogP contribution in [0.1, 0.15) is 6.92 Å². The molecule has 17 heavy (non-hydrogen) atoms. The summed E-state index contributed by atoms with van der Waals surface area (Å²) >= 11 is 2.65. The number of ether oxygens (including phenoxy) is 1. The number of hydrogen-bond donors (Lipinski definition) is 0. The van der Waals surface area contributed by atoms with E-state index in [0.29, 0.717) is 5.04 Å². The molecule has 92 valence electrons. The molecule has 3 nitrogen and oxygen atoms in total. The van der Waals surface area contributed by atoms with Gasteiger partial charge in [0, 0.05) is 0 Å². The van der Waals surface area contributed by atoms with Gasteiger partial charge < -0.3 is 4.74 Å². The third-order valence-corrected chi connectivity index (χ3v) is 3.48. The summed E-state index contributed by atoms with van der Waals surface area (Å²) in [4.78, 5) is 16.0. The molecule has 0 fully saturated rings. The van der Waals surface area contributed by atoms with E-state index in [9.17, 15) is 4.79 Å². The molecule has 1 rings (SSSR count). The topological polar surface area (TPSA) is 38.7 Å². The van der Waals surface area contributed by atoms with E-state index < -0.39 is 0 Å². The van der Waals surface area contributed by atoms with Crippen LogP contribution >= 0.6 is 23.5 Å². The summed E-state index contributed by atoms with van der Waals surface area (Å²) in [5.74, 6) is 1.55. The van der Waals surface area contributed by atoms with Crippen molar-refractivity contribution in [3.05, 3.63) is 24.3 Å². The van der Waals surface area contributed by atoms with Gasteiger partial charge in [-0.1, -0.05) is 18.7 Å². The Labute approximate surface area is 110 Å². The molecule has 0 saturated carbocycles. The molecule has 0 aliphatic rings. The summed E-state index contributed by atoms with van der Waals surface area (Å²) in [5, 5.41) is 0.554. The van der Waals surface area contributed by atoms with Crippen LogP contribution < -0.4 is 4.74 Å². The van der Waals surface area contributed by atoms with E-state index in [1.807, 2.05) is 37.4 Å². The Morgan fingerprint density at radius 1 is 1.35 bits per heavy atom. The SMILES string of the molecule is CCSC(=O)C(=Nc1ccc(OC)cc1)SC. The van der Waals surface area contributed by atoms with E-state index >= 15 is 0 Å². The van der Waals surface area contributed by atoms with Crippen LogP contribution in [0.15, 0.2) is 29.3 Å². The van der Waals surface area contributed by atoms with Gasteiger partial charge in [-0.2, -0.15) is 0 Å². The Hall–Kier alpha value is -0.940. The molecule has 5 heteroatoms. The predicted octanol–water partition coefficient (Wildman–Crippen LogP) is 3.37. The molecule has 0 N–H and O–H groups in total. The maximum atomic E-state index is 11.7. The highest BCUT2D eigenvalue weighted by molar-refractivity contribution is 8.24. The smallest absolute Gasteiger partial charge is 0.244 e. The van der Waals surface area contributed by atoms with Crippen LogP contribution in [-0.4, -0.2) is 29.3 Å². The van der Waals surface area contributed by atoms with E-state index in [0.717, 1.165) is 17.2 Å². The first-order chi connectivity index (χ1) is 8.21. The van der Waals surface area contributed by atoms with Crippen molar-refractivity contribution in [2.75, 3.05) is 19.1 Å². The molecule has 0 radical (unpaired) electrons. The monoisotopic (exact) mass is 269 g/mol. The maximum absolute atomic E-state index is 11.7. The van der Waals surface area contributed by atoms with E-state index in [-0.39, 0.29) is 5.12 Å². The third kappa shape index (κ3) is 4.44. The molecule has 0 spiro atoms. The van der Waals surface area contributed by atoms with Gasteiger partial charge in [0.1, 0.15) is 5.75 Å². The Bertz CT molecular complexity index is 401. The quantitative estimate of drug-likeness (QED) is 0.623. The predicted molar refractivity (Wildman–Crippen MR) is 76.7 cm³/mol.